The van der Waals surface area contributed by atoms with Gasteiger partial charge in [-0.05, 0) is 51.3 Å². The normalized spacial score (nSPS) is 11.4. The van der Waals surface area contributed by atoms with Crippen molar-refractivity contribution in [1.29, 1.82) is 5.26 Å². The average Bonchev–Trinajstić information content (AvgIpc) is 2.34. The monoisotopic (exact) mass is 267 g/mol. The summed E-state index contributed by atoms with van der Waals surface area (Å²) in [5.41, 5.74) is 0.446. The second-order valence-electron chi connectivity index (χ2n) is 4.19. The fourth-order valence-corrected chi connectivity index (χ4v) is 2.47. The molecule has 0 aliphatic carbocycles. The number of hydrogen-bond donors (Lipinski definition) is 1. The number of nitrogens with zero attached hydrogens (tertiary/aromatic N) is 2. The second-order valence-corrected chi connectivity index (χ2v) is 5.96. The number of sulfonamides is 1. The molecular weight excluding hydrogens is 250 g/mol. The number of rotatable bonds is 6. The van der Waals surface area contributed by atoms with E-state index in [2.05, 4.69) is 4.72 Å². The van der Waals surface area contributed by atoms with Crippen molar-refractivity contribution in [2.45, 2.75) is 11.3 Å². The summed E-state index contributed by atoms with van der Waals surface area (Å²) < 4.78 is 26.3. The maximum Gasteiger partial charge on any atom is 0.240 e. The minimum Gasteiger partial charge on any atom is -0.309 e. The molecule has 98 valence electrons. The zero-order valence-corrected chi connectivity index (χ0v) is 11.4. The molecule has 1 N–H and O–H groups in total. The first kappa shape index (κ1) is 14.6. The molecule has 1 aromatic carbocycles. The Morgan fingerprint density at radius 3 is 2.39 bits per heavy atom. The van der Waals surface area contributed by atoms with Gasteiger partial charge in [0.1, 0.15) is 0 Å². The molecule has 0 fully saturated rings. The Labute approximate surface area is 108 Å². The first-order valence-electron chi connectivity index (χ1n) is 5.60. The first-order chi connectivity index (χ1) is 8.45. The molecule has 0 aliphatic heterocycles. The van der Waals surface area contributed by atoms with Crippen LogP contribution in [0.2, 0.25) is 0 Å². The topological polar surface area (TPSA) is 73.2 Å². The largest absolute Gasteiger partial charge is 0.309 e. The lowest BCUT2D eigenvalue weighted by atomic mass is 10.2. The smallest absolute Gasteiger partial charge is 0.240 e. The average molecular weight is 267 g/mol. The fraction of sp³-hybridized carbons (Fsp3) is 0.417. The highest BCUT2D eigenvalue weighted by atomic mass is 32.2. The van der Waals surface area contributed by atoms with E-state index in [4.69, 9.17) is 5.26 Å². The standard InChI is InChI=1S/C12H17N3O2S/c1-15(2)9-3-8-14-18(16,17)12-6-4-11(10-13)5-7-12/h4-7,14H,3,8-9H2,1-2H3. The molecule has 0 amide bonds. The molecule has 1 aromatic rings. The van der Waals surface area contributed by atoms with Gasteiger partial charge in [0.05, 0.1) is 16.5 Å². The van der Waals surface area contributed by atoms with E-state index in [9.17, 15) is 8.42 Å². The SMILES string of the molecule is CN(C)CCCNS(=O)(=O)c1ccc(C#N)cc1. The van der Waals surface area contributed by atoms with E-state index in [1.807, 2.05) is 25.1 Å². The Balaban J connectivity index is 2.60. The van der Waals surface area contributed by atoms with Crippen LogP contribution in [0.1, 0.15) is 12.0 Å². The van der Waals surface area contributed by atoms with Crippen LogP contribution < -0.4 is 4.72 Å². The van der Waals surface area contributed by atoms with Crippen molar-refractivity contribution in [3.63, 3.8) is 0 Å². The van der Waals surface area contributed by atoms with Crippen molar-refractivity contribution >= 4 is 10.0 Å². The van der Waals surface area contributed by atoms with Crippen molar-refractivity contribution in [3.05, 3.63) is 29.8 Å². The predicted molar refractivity (Wildman–Crippen MR) is 69.5 cm³/mol. The van der Waals surface area contributed by atoms with Gasteiger partial charge in [0.2, 0.25) is 10.0 Å². The van der Waals surface area contributed by atoms with Crippen LogP contribution in [0, 0.1) is 11.3 Å². The number of hydrogen-bond acceptors (Lipinski definition) is 4. The van der Waals surface area contributed by atoms with Crippen LogP contribution in [0.15, 0.2) is 29.2 Å². The minimum atomic E-state index is -3.46. The second kappa shape index (κ2) is 6.50. The maximum absolute atomic E-state index is 11.9. The molecule has 18 heavy (non-hydrogen) atoms. The summed E-state index contributed by atoms with van der Waals surface area (Å²) >= 11 is 0. The van der Waals surface area contributed by atoms with Gasteiger partial charge in [-0.2, -0.15) is 5.26 Å². The quantitative estimate of drug-likeness (QED) is 0.773. The van der Waals surface area contributed by atoms with E-state index in [1.54, 1.807) is 0 Å². The van der Waals surface area contributed by atoms with Crippen LogP contribution in [0.3, 0.4) is 0 Å². The number of nitriles is 1. The number of benzene rings is 1. The highest BCUT2D eigenvalue weighted by Gasteiger charge is 2.12. The van der Waals surface area contributed by atoms with E-state index in [1.165, 1.54) is 24.3 Å². The summed E-state index contributed by atoms with van der Waals surface area (Å²) in [6, 6.07) is 7.81. The van der Waals surface area contributed by atoms with Gasteiger partial charge in [0, 0.05) is 6.54 Å². The molecular formula is C12H17N3O2S. The maximum atomic E-state index is 11.9. The molecule has 0 saturated carbocycles. The lowest BCUT2D eigenvalue weighted by Gasteiger charge is -2.10. The Bertz CT molecular complexity index is 515. The van der Waals surface area contributed by atoms with Crippen LogP contribution in [0.25, 0.3) is 0 Å². The molecule has 0 bridgehead atoms. The molecule has 0 heterocycles. The first-order valence-corrected chi connectivity index (χ1v) is 7.08. The third kappa shape index (κ3) is 4.45. The van der Waals surface area contributed by atoms with Crippen LogP contribution in [-0.2, 0) is 10.0 Å². The molecule has 1 rings (SSSR count). The Kier molecular flexibility index (Phi) is 5.28. The Morgan fingerprint density at radius 1 is 1.28 bits per heavy atom. The minimum absolute atomic E-state index is 0.186. The molecule has 0 unspecified atom stereocenters. The number of nitrogens with one attached hydrogen (secondary N) is 1. The van der Waals surface area contributed by atoms with E-state index >= 15 is 0 Å². The van der Waals surface area contributed by atoms with Gasteiger partial charge in [-0.1, -0.05) is 0 Å². The third-order valence-electron chi connectivity index (χ3n) is 2.37. The molecule has 6 heteroatoms. The molecule has 0 saturated heterocycles. The zero-order chi connectivity index (χ0) is 13.6. The lowest BCUT2D eigenvalue weighted by molar-refractivity contribution is 0.400. The molecule has 0 spiro atoms. The summed E-state index contributed by atoms with van der Waals surface area (Å²) in [7, 11) is 0.418. The molecule has 5 nitrogen and oxygen atoms in total. The molecule has 0 aliphatic rings. The van der Waals surface area contributed by atoms with Crippen molar-refractivity contribution in [2.75, 3.05) is 27.2 Å². The summed E-state index contributed by atoms with van der Waals surface area (Å²) in [4.78, 5) is 2.18. The van der Waals surface area contributed by atoms with Gasteiger partial charge in [0.25, 0.3) is 0 Å². The highest BCUT2D eigenvalue weighted by Crippen LogP contribution is 2.09. The van der Waals surface area contributed by atoms with E-state index < -0.39 is 10.0 Å². The van der Waals surface area contributed by atoms with Crippen LogP contribution in [0.5, 0.6) is 0 Å². The summed E-state index contributed by atoms with van der Waals surface area (Å²) in [5.74, 6) is 0. The fourth-order valence-electron chi connectivity index (χ4n) is 1.39. The van der Waals surface area contributed by atoms with Crippen LogP contribution >= 0.6 is 0 Å². The van der Waals surface area contributed by atoms with E-state index in [0.29, 0.717) is 12.1 Å². The van der Waals surface area contributed by atoms with Gasteiger partial charge in [-0.25, -0.2) is 13.1 Å². The molecule has 0 radical (unpaired) electrons. The van der Waals surface area contributed by atoms with E-state index in [-0.39, 0.29) is 4.90 Å². The zero-order valence-electron chi connectivity index (χ0n) is 10.5. The van der Waals surface area contributed by atoms with Gasteiger partial charge >= 0.3 is 0 Å². The Hall–Kier alpha value is -1.42. The van der Waals surface area contributed by atoms with Gasteiger partial charge < -0.3 is 4.90 Å². The van der Waals surface area contributed by atoms with Gasteiger partial charge in [-0.15, -0.1) is 0 Å². The van der Waals surface area contributed by atoms with E-state index in [0.717, 1.165) is 13.0 Å². The summed E-state index contributed by atoms with van der Waals surface area (Å²) in [6.07, 6.45) is 0.752. The summed E-state index contributed by atoms with van der Waals surface area (Å²) in [5, 5.41) is 8.64. The Morgan fingerprint density at radius 2 is 1.89 bits per heavy atom. The third-order valence-corrected chi connectivity index (χ3v) is 3.84. The molecule has 0 atom stereocenters. The van der Waals surface area contributed by atoms with Gasteiger partial charge in [0.15, 0.2) is 0 Å². The van der Waals surface area contributed by atoms with Crippen molar-refractivity contribution in [2.24, 2.45) is 0 Å². The predicted octanol–water partition coefficient (Wildman–Crippen LogP) is 0.788. The van der Waals surface area contributed by atoms with Crippen molar-refractivity contribution in [1.82, 2.24) is 9.62 Å². The van der Waals surface area contributed by atoms with Crippen LogP contribution in [0.4, 0.5) is 0 Å². The van der Waals surface area contributed by atoms with Gasteiger partial charge in [-0.3, -0.25) is 0 Å². The van der Waals surface area contributed by atoms with Crippen molar-refractivity contribution in [3.8, 4) is 6.07 Å². The highest BCUT2D eigenvalue weighted by molar-refractivity contribution is 7.89. The molecule has 0 aromatic heterocycles. The summed E-state index contributed by atoms with van der Waals surface area (Å²) in [6.45, 7) is 1.23. The van der Waals surface area contributed by atoms with Crippen molar-refractivity contribution < 1.29 is 8.42 Å². The lowest BCUT2D eigenvalue weighted by Crippen LogP contribution is -2.27. The van der Waals surface area contributed by atoms with Crippen LogP contribution in [-0.4, -0.2) is 40.5 Å².